The largest absolute Gasteiger partial charge is 0.316 e. The number of benzene rings is 2. The van der Waals surface area contributed by atoms with E-state index in [-0.39, 0.29) is 4.90 Å². The molecule has 0 aliphatic rings. The molecule has 0 spiro atoms. The lowest BCUT2D eigenvalue weighted by Gasteiger charge is -2.11. The average molecular weight is 290 g/mol. The summed E-state index contributed by atoms with van der Waals surface area (Å²) in [6, 6.07) is 14.2. The van der Waals surface area contributed by atoms with Crippen LogP contribution in [-0.2, 0) is 16.6 Å². The van der Waals surface area contributed by atoms with Gasteiger partial charge in [0.1, 0.15) is 0 Å². The Morgan fingerprint density at radius 1 is 1.05 bits per heavy atom. The number of aryl methyl sites for hydroxylation is 1. The van der Waals surface area contributed by atoms with Crippen LogP contribution < -0.4 is 10.0 Å². The first-order valence-electron chi connectivity index (χ1n) is 6.35. The normalized spacial score (nSPS) is 11.3. The van der Waals surface area contributed by atoms with Gasteiger partial charge in [-0.15, -0.1) is 0 Å². The number of sulfonamides is 1. The van der Waals surface area contributed by atoms with Gasteiger partial charge in [-0.05, 0) is 43.3 Å². The zero-order valence-corrected chi connectivity index (χ0v) is 12.4. The number of anilines is 1. The Bertz CT molecular complexity index is 697. The summed E-state index contributed by atoms with van der Waals surface area (Å²) in [4.78, 5) is 0.272. The van der Waals surface area contributed by atoms with Crippen LogP contribution in [0.2, 0.25) is 0 Å². The van der Waals surface area contributed by atoms with Crippen molar-refractivity contribution in [1.29, 1.82) is 0 Å². The second-order valence-electron chi connectivity index (χ2n) is 4.60. The van der Waals surface area contributed by atoms with E-state index >= 15 is 0 Å². The van der Waals surface area contributed by atoms with Crippen molar-refractivity contribution in [1.82, 2.24) is 5.32 Å². The fourth-order valence-corrected chi connectivity index (χ4v) is 3.12. The maximum absolute atomic E-state index is 12.4. The van der Waals surface area contributed by atoms with Gasteiger partial charge in [0.05, 0.1) is 10.6 Å². The molecule has 5 heteroatoms. The Balaban J connectivity index is 2.31. The topological polar surface area (TPSA) is 58.2 Å². The molecule has 0 fully saturated rings. The molecule has 0 atom stereocenters. The maximum atomic E-state index is 12.4. The third-order valence-electron chi connectivity index (χ3n) is 2.98. The Labute approximate surface area is 119 Å². The minimum absolute atomic E-state index is 0.272. The van der Waals surface area contributed by atoms with Crippen molar-refractivity contribution in [3.8, 4) is 0 Å². The second kappa shape index (κ2) is 6.07. The highest BCUT2D eigenvalue weighted by molar-refractivity contribution is 7.92. The molecule has 4 nitrogen and oxygen atoms in total. The minimum Gasteiger partial charge on any atom is -0.316 e. The lowest BCUT2D eigenvalue weighted by Crippen LogP contribution is -2.14. The first kappa shape index (κ1) is 14.6. The van der Waals surface area contributed by atoms with Gasteiger partial charge in [-0.2, -0.15) is 0 Å². The van der Waals surface area contributed by atoms with E-state index in [2.05, 4.69) is 10.0 Å². The smallest absolute Gasteiger partial charge is 0.261 e. The summed E-state index contributed by atoms with van der Waals surface area (Å²) in [6.07, 6.45) is 0. The molecule has 2 aromatic carbocycles. The number of hydrogen-bond donors (Lipinski definition) is 2. The van der Waals surface area contributed by atoms with Crippen LogP contribution in [0.1, 0.15) is 11.1 Å². The van der Waals surface area contributed by atoms with Crippen LogP contribution in [0.4, 0.5) is 5.69 Å². The van der Waals surface area contributed by atoms with Crippen LogP contribution in [0.3, 0.4) is 0 Å². The minimum atomic E-state index is -3.55. The van der Waals surface area contributed by atoms with Crippen molar-refractivity contribution in [2.75, 3.05) is 11.8 Å². The molecule has 20 heavy (non-hydrogen) atoms. The predicted molar refractivity (Wildman–Crippen MR) is 81.2 cm³/mol. The Kier molecular flexibility index (Phi) is 4.42. The van der Waals surface area contributed by atoms with Gasteiger partial charge in [0.15, 0.2) is 0 Å². The van der Waals surface area contributed by atoms with Crippen LogP contribution in [0.5, 0.6) is 0 Å². The van der Waals surface area contributed by atoms with Crippen LogP contribution in [0.25, 0.3) is 0 Å². The van der Waals surface area contributed by atoms with Crippen molar-refractivity contribution < 1.29 is 8.42 Å². The molecule has 0 amide bonds. The zero-order valence-electron chi connectivity index (χ0n) is 11.6. The average Bonchev–Trinajstić information content (AvgIpc) is 2.42. The summed E-state index contributed by atoms with van der Waals surface area (Å²) in [5.74, 6) is 0. The van der Waals surface area contributed by atoms with Gasteiger partial charge < -0.3 is 5.32 Å². The highest BCUT2D eigenvalue weighted by Crippen LogP contribution is 2.19. The third kappa shape index (κ3) is 3.37. The lowest BCUT2D eigenvalue weighted by atomic mass is 10.2. The molecule has 0 unspecified atom stereocenters. The molecule has 2 N–H and O–H groups in total. The first-order chi connectivity index (χ1) is 9.53. The monoisotopic (exact) mass is 290 g/mol. The Morgan fingerprint density at radius 2 is 1.80 bits per heavy atom. The quantitative estimate of drug-likeness (QED) is 0.889. The van der Waals surface area contributed by atoms with Gasteiger partial charge >= 0.3 is 0 Å². The molecule has 0 saturated carbocycles. The zero-order chi connectivity index (χ0) is 14.6. The molecule has 0 radical (unpaired) electrons. The highest BCUT2D eigenvalue weighted by Gasteiger charge is 2.15. The fraction of sp³-hybridized carbons (Fsp3) is 0.200. The van der Waals surface area contributed by atoms with E-state index in [1.165, 1.54) is 0 Å². The van der Waals surface area contributed by atoms with Crippen LogP contribution in [0.15, 0.2) is 53.4 Å². The van der Waals surface area contributed by atoms with Crippen molar-refractivity contribution in [3.63, 3.8) is 0 Å². The van der Waals surface area contributed by atoms with Gasteiger partial charge in [-0.25, -0.2) is 8.42 Å². The lowest BCUT2D eigenvalue weighted by molar-refractivity contribution is 0.601. The van der Waals surface area contributed by atoms with E-state index in [1.807, 2.05) is 38.2 Å². The van der Waals surface area contributed by atoms with E-state index in [4.69, 9.17) is 0 Å². The van der Waals surface area contributed by atoms with Gasteiger partial charge in [0, 0.05) is 6.54 Å². The van der Waals surface area contributed by atoms with Crippen molar-refractivity contribution in [3.05, 3.63) is 59.7 Å². The summed E-state index contributed by atoms with van der Waals surface area (Å²) >= 11 is 0. The Morgan fingerprint density at radius 3 is 2.50 bits per heavy atom. The summed E-state index contributed by atoms with van der Waals surface area (Å²) in [5, 5.41) is 3.01. The standard InChI is InChI=1S/C15H18N2O2S/c1-12-6-3-4-9-15(12)17-20(18,19)14-8-5-7-13(10-14)11-16-2/h3-10,16-17H,11H2,1-2H3. The molecule has 0 saturated heterocycles. The number of rotatable bonds is 5. The number of para-hydroxylation sites is 1. The van der Waals surface area contributed by atoms with E-state index in [0.29, 0.717) is 12.2 Å². The molecular weight excluding hydrogens is 272 g/mol. The molecule has 0 aliphatic carbocycles. The summed E-state index contributed by atoms with van der Waals surface area (Å²) in [6.45, 7) is 2.50. The van der Waals surface area contributed by atoms with E-state index in [9.17, 15) is 8.42 Å². The molecule has 106 valence electrons. The first-order valence-corrected chi connectivity index (χ1v) is 7.83. The van der Waals surface area contributed by atoms with E-state index < -0.39 is 10.0 Å². The second-order valence-corrected chi connectivity index (χ2v) is 6.28. The predicted octanol–water partition coefficient (Wildman–Crippen LogP) is 2.52. The summed E-state index contributed by atoms with van der Waals surface area (Å²) in [5.41, 5.74) is 2.43. The van der Waals surface area contributed by atoms with Crippen LogP contribution >= 0.6 is 0 Å². The van der Waals surface area contributed by atoms with E-state index in [0.717, 1.165) is 11.1 Å². The molecular formula is C15H18N2O2S. The maximum Gasteiger partial charge on any atom is 0.261 e. The van der Waals surface area contributed by atoms with Gasteiger partial charge in [0.25, 0.3) is 10.0 Å². The molecule has 0 bridgehead atoms. The van der Waals surface area contributed by atoms with Gasteiger partial charge in [0.2, 0.25) is 0 Å². The fourth-order valence-electron chi connectivity index (χ4n) is 1.92. The molecule has 2 aromatic rings. The van der Waals surface area contributed by atoms with Crippen molar-refractivity contribution in [2.24, 2.45) is 0 Å². The molecule has 2 rings (SSSR count). The number of hydrogen-bond acceptors (Lipinski definition) is 3. The summed E-state index contributed by atoms with van der Waals surface area (Å²) < 4.78 is 27.4. The Hall–Kier alpha value is -1.85. The summed E-state index contributed by atoms with van der Waals surface area (Å²) in [7, 11) is -1.73. The number of nitrogens with one attached hydrogen (secondary N) is 2. The van der Waals surface area contributed by atoms with Crippen LogP contribution in [0, 0.1) is 6.92 Å². The van der Waals surface area contributed by atoms with Crippen LogP contribution in [-0.4, -0.2) is 15.5 Å². The molecule has 0 heterocycles. The van der Waals surface area contributed by atoms with E-state index in [1.54, 1.807) is 24.3 Å². The third-order valence-corrected chi connectivity index (χ3v) is 4.34. The highest BCUT2D eigenvalue weighted by atomic mass is 32.2. The SMILES string of the molecule is CNCc1cccc(S(=O)(=O)Nc2ccccc2C)c1. The van der Waals surface area contributed by atoms with Crippen molar-refractivity contribution >= 4 is 15.7 Å². The van der Waals surface area contributed by atoms with Gasteiger partial charge in [-0.1, -0.05) is 30.3 Å². The molecule has 0 aromatic heterocycles. The molecule has 0 aliphatic heterocycles. The van der Waals surface area contributed by atoms with Crippen molar-refractivity contribution in [2.45, 2.75) is 18.4 Å². The van der Waals surface area contributed by atoms with Gasteiger partial charge in [-0.3, -0.25) is 4.72 Å².